The second-order valence-corrected chi connectivity index (χ2v) is 7.35. The molecule has 23 heavy (non-hydrogen) atoms. The molecule has 0 aliphatic carbocycles. The molecule has 0 saturated heterocycles. The number of hydrogen-bond donors (Lipinski definition) is 1. The van der Waals surface area contributed by atoms with E-state index in [1.807, 2.05) is 29.2 Å². The zero-order valence-corrected chi connectivity index (χ0v) is 13.8. The van der Waals surface area contributed by atoms with E-state index in [4.69, 9.17) is 5.73 Å². The highest BCUT2D eigenvalue weighted by atomic mass is 32.2. The summed E-state index contributed by atoms with van der Waals surface area (Å²) in [5, 5.41) is -0.0904. The van der Waals surface area contributed by atoms with Gasteiger partial charge in [0.25, 0.3) is 0 Å². The largest absolute Gasteiger partial charge is 0.398 e. The molecule has 2 aromatic carbocycles. The van der Waals surface area contributed by atoms with Crippen molar-refractivity contribution in [3.63, 3.8) is 0 Å². The van der Waals surface area contributed by atoms with Crippen molar-refractivity contribution < 1.29 is 4.79 Å². The van der Waals surface area contributed by atoms with Crippen LogP contribution < -0.4 is 10.6 Å². The molecule has 0 fully saturated rings. The summed E-state index contributed by atoms with van der Waals surface area (Å²) in [5.41, 5.74) is 11.5. The van der Waals surface area contributed by atoms with Gasteiger partial charge in [-0.3, -0.25) is 4.79 Å². The first-order valence-corrected chi connectivity index (χ1v) is 9.19. The van der Waals surface area contributed by atoms with Crippen molar-refractivity contribution in [3.8, 4) is 0 Å². The quantitative estimate of drug-likeness (QED) is 0.816. The van der Waals surface area contributed by atoms with E-state index in [2.05, 4.69) is 18.2 Å². The Kier molecular flexibility index (Phi) is 3.77. The molecule has 1 atom stereocenters. The molecule has 2 aromatic rings. The summed E-state index contributed by atoms with van der Waals surface area (Å²) >= 11 is 1.76. The van der Waals surface area contributed by atoms with E-state index in [1.165, 1.54) is 11.1 Å². The van der Waals surface area contributed by atoms with E-state index in [9.17, 15) is 4.79 Å². The maximum Gasteiger partial charge on any atom is 0.244 e. The van der Waals surface area contributed by atoms with Crippen LogP contribution in [0.25, 0.3) is 0 Å². The highest BCUT2D eigenvalue weighted by Crippen LogP contribution is 2.40. The van der Waals surface area contributed by atoms with Gasteiger partial charge in [-0.25, -0.2) is 0 Å². The number of fused-ring (bicyclic) bond motifs is 2. The summed E-state index contributed by atoms with van der Waals surface area (Å²) in [5.74, 6) is 1.21. The highest BCUT2D eigenvalue weighted by Gasteiger charge is 2.33. The van der Waals surface area contributed by atoms with Crippen LogP contribution in [0.3, 0.4) is 0 Å². The van der Waals surface area contributed by atoms with Gasteiger partial charge in [-0.2, -0.15) is 0 Å². The SMILES string of the molecule is Nc1cccc2c1CCCN2C(=O)C1SCCc2ccccc21. The minimum atomic E-state index is -0.0904. The number of nitrogens with two attached hydrogens (primary N) is 1. The fraction of sp³-hybridized carbons (Fsp3) is 0.316. The van der Waals surface area contributed by atoms with E-state index in [1.54, 1.807) is 11.8 Å². The van der Waals surface area contributed by atoms with Crippen LogP contribution in [0.4, 0.5) is 11.4 Å². The minimum Gasteiger partial charge on any atom is -0.398 e. The Morgan fingerprint density at radius 2 is 2.00 bits per heavy atom. The van der Waals surface area contributed by atoms with Crippen LogP contribution in [0.5, 0.6) is 0 Å². The van der Waals surface area contributed by atoms with Crippen LogP contribution in [0.2, 0.25) is 0 Å². The first-order valence-electron chi connectivity index (χ1n) is 8.14. The molecule has 1 amide bonds. The number of aryl methyl sites for hydroxylation is 1. The molecule has 4 rings (SSSR count). The van der Waals surface area contributed by atoms with E-state index in [-0.39, 0.29) is 11.2 Å². The molecule has 0 saturated carbocycles. The molecule has 4 heteroatoms. The van der Waals surface area contributed by atoms with Crippen molar-refractivity contribution in [2.75, 3.05) is 22.9 Å². The molecule has 2 N–H and O–H groups in total. The number of nitrogen functional groups attached to an aromatic ring is 1. The Labute approximate surface area is 140 Å². The molecule has 0 aromatic heterocycles. The maximum atomic E-state index is 13.3. The Morgan fingerprint density at radius 1 is 1.13 bits per heavy atom. The van der Waals surface area contributed by atoms with Crippen LogP contribution in [-0.4, -0.2) is 18.2 Å². The van der Waals surface area contributed by atoms with E-state index in [0.717, 1.165) is 48.5 Å². The predicted molar refractivity (Wildman–Crippen MR) is 96.9 cm³/mol. The van der Waals surface area contributed by atoms with Gasteiger partial charge in [0.1, 0.15) is 5.25 Å². The predicted octanol–water partition coefficient (Wildman–Crippen LogP) is 3.58. The summed E-state index contributed by atoms with van der Waals surface area (Å²) in [7, 11) is 0. The number of hydrogen-bond acceptors (Lipinski definition) is 3. The van der Waals surface area contributed by atoms with Crippen molar-refractivity contribution >= 4 is 29.0 Å². The summed E-state index contributed by atoms with van der Waals surface area (Å²) in [4.78, 5) is 15.2. The van der Waals surface area contributed by atoms with Crippen molar-refractivity contribution in [1.82, 2.24) is 0 Å². The molecule has 118 valence electrons. The summed E-state index contributed by atoms with van der Waals surface area (Å²) in [6, 6.07) is 14.3. The van der Waals surface area contributed by atoms with Crippen molar-refractivity contribution in [2.24, 2.45) is 0 Å². The van der Waals surface area contributed by atoms with Gasteiger partial charge in [-0.1, -0.05) is 30.3 Å². The third-order valence-corrected chi connectivity index (χ3v) is 6.00. The maximum absolute atomic E-state index is 13.3. The Hall–Kier alpha value is -1.94. The average Bonchev–Trinajstić information content (AvgIpc) is 2.60. The van der Waals surface area contributed by atoms with Crippen molar-refractivity contribution in [2.45, 2.75) is 24.5 Å². The van der Waals surface area contributed by atoms with Crippen molar-refractivity contribution in [1.29, 1.82) is 0 Å². The number of benzene rings is 2. The average molecular weight is 324 g/mol. The fourth-order valence-corrected chi connectivity index (χ4v) is 4.87. The highest BCUT2D eigenvalue weighted by molar-refractivity contribution is 8.00. The number of anilines is 2. The van der Waals surface area contributed by atoms with Crippen LogP contribution in [0.1, 0.15) is 28.4 Å². The number of nitrogens with zero attached hydrogens (tertiary/aromatic N) is 1. The van der Waals surface area contributed by atoms with Gasteiger partial charge >= 0.3 is 0 Å². The van der Waals surface area contributed by atoms with Crippen LogP contribution in [0.15, 0.2) is 42.5 Å². The normalized spacial score (nSPS) is 19.8. The zero-order valence-electron chi connectivity index (χ0n) is 13.0. The molecule has 0 radical (unpaired) electrons. The number of amides is 1. The molecule has 2 aliphatic rings. The fourth-order valence-electron chi connectivity index (χ4n) is 3.62. The molecule has 1 unspecified atom stereocenters. The third-order valence-electron chi connectivity index (χ3n) is 4.77. The first kappa shape index (κ1) is 14.6. The topological polar surface area (TPSA) is 46.3 Å². The van der Waals surface area contributed by atoms with Crippen LogP contribution in [0, 0.1) is 0 Å². The third kappa shape index (κ3) is 2.51. The molecule has 0 spiro atoms. The molecule has 2 aliphatic heterocycles. The van der Waals surface area contributed by atoms with Gasteiger partial charge in [-0.05, 0) is 53.8 Å². The molecule has 2 heterocycles. The monoisotopic (exact) mass is 324 g/mol. The Morgan fingerprint density at radius 3 is 2.91 bits per heavy atom. The van der Waals surface area contributed by atoms with E-state index < -0.39 is 0 Å². The summed E-state index contributed by atoms with van der Waals surface area (Å²) in [6.07, 6.45) is 2.99. The lowest BCUT2D eigenvalue weighted by Gasteiger charge is -2.34. The van der Waals surface area contributed by atoms with Crippen molar-refractivity contribution in [3.05, 3.63) is 59.2 Å². The number of carbonyl (C=O) groups excluding carboxylic acids is 1. The lowest BCUT2D eigenvalue weighted by atomic mass is 9.97. The second kappa shape index (κ2) is 5.93. The van der Waals surface area contributed by atoms with E-state index in [0.29, 0.717) is 0 Å². The lowest BCUT2D eigenvalue weighted by Crippen LogP contribution is -2.39. The standard InChI is InChI=1S/C19H20N2OS/c20-16-8-3-9-17-15(16)7-4-11-21(17)19(22)18-14-6-2-1-5-13(14)10-12-23-18/h1-3,5-6,8-9,18H,4,7,10-12,20H2. The van der Waals surface area contributed by atoms with Gasteiger partial charge < -0.3 is 10.6 Å². The minimum absolute atomic E-state index is 0.0904. The van der Waals surface area contributed by atoms with Crippen LogP contribution >= 0.6 is 11.8 Å². The number of thioether (sulfide) groups is 1. The van der Waals surface area contributed by atoms with Gasteiger partial charge in [0, 0.05) is 17.9 Å². The van der Waals surface area contributed by atoms with E-state index >= 15 is 0 Å². The molecule has 0 bridgehead atoms. The van der Waals surface area contributed by atoms with Gasteiger partial charge in [0.15, 0.2) is 0 Å². The Bertz CT molecular complexity index is 759. The van der Waals surface area contributed by atoms with Gasteiger partial charge in [-0.15, -0.1) is 11.8 Å². The van der Waals surface area contributed by atoms with Crippen LogP contribution in [-0.2, 0) is 17.6 Å². The first-order chi connectivity index (χ1) is 11.3. The Balaban J connectivity index is 1.71. The van der Waals surface area contributed by atoms with Gasteiger partial charge in [0.05, 0.1) is 0 Å². The zero-order chi connectivity index (χ0) is 15.8. The number of carbonyl (C=O) groups is 1. The smallest absolute Gasteiger partial charge is 0.244 e. The number of rotatable bonds is 1. The molecular formula is C19H20N2OS. The summed E-state index contributed by atoms with van der Waals surface area (Å²) in [6.45, 7) is 0.786. The van der Waals surface area contributed by atoms with Gasteiger partial charge in [0.2, 0.25) is 5.91 Å². The lowest BCUT2D eigenvalue weighted by molar-refractivity contribution is -0.118. The molecular weight excluding hydrogens is 304 g/mol. The second-order valence-electron chi connectivity index (χ2n) is 6.14. The summed E-state index contributed by atoms with van der Waals surface area (Å²) < 4.78 is 0. The molecule has 3 nitrogen and oxygen atoms in total.